The predicted octanol–water partition coefficient (Wildman–Crippen LogP) is 2.44. The van der Waals surface area contributed by atoms with Gasteiger partial charge in [0.1, 0.15) is 0 Å². The molecule has 4 heteroatoms. The summed E-state index contributed by atoms with van der Waals surface area (Å²) in [5.41, 5.74) is -1.34. The molecule has 0 N–H and O–H groups in total. The molecule has 1 aliphatic rings. The van der Waals surface area contributed by atoms with Crippen molar-refractivity contribution in [3.05, 3.63) is 0 Å². The van der Waals surface area contributed by atoms with Gasteiger partial charge in [0.25, 0.3) is 5.92 Å². The largest absolute Gasteiger partial charge is 0.300 e. The van der Waals surface area contributed by atoms with Gasteiger partial charge < -0.3 is 0 Å². The normalized spacial score (nSPS) is 30.0. The zero-order chi connectivity index (χ0) is 12.9. The first-order valence-electron chi connectivity index (χ1n) is 5.74. The second-order valence-electron chi connectivity index (χ2n) is 6.44. The maximum Gasteiger partial charge on any atom is 0.281 e. The van der Waals surface area contributed by atoms with E-state index in [9.17, 15) is 8.78 Å². The SMILES string of the molecule is CN(C)[C@@H]1CN(C(C)(C)C)C(C)(C)C1(F)F. The molecule has 0 bridgehead atoms. The molecule has 0 saturated carbocycles. The van der Waals surface area contributed by atoms with Crippen molar-refractivity contribution in [1.29, 1.82) is 0 Å². The molecule has 16 heavy (non-hydrogen) atoms. The number of hydrogen-bond donors (Lipinski definition) is 0. The van der Waals surface area contributed by atoms with Crippen LogP contribution in [-0.4, -0.2) is 53.5 Å². The van der Waals surface area contributed by atoms with Crippen LogP contribution in [0.4, 0.5) is 8.78 Å². The molecule has 0 aromatic rings. The Morgan fingerprint density at radius 3 is 1.81 bits per heavy atom. The molecule has 0 spiro atoms. The van der Waals surface area contributed by atoms with Crippen LogP contribution in [-0.2, 0) is 0 Å². The zero-order valence-electron chi connectivity index (χ0n) is 11.4. The van der Waals surface area contributed by atoms with Crippen molar-refractivity contribution in [1.82, 2.24) is 9.80 Å². The molecule has 0 radical (unpaired) electrons. The second kappa shape index (κ2) is 3.64. The molecule has 0 aliphatic carbocycles. The first kappa shape index (κ1) is 13.8. The minimum atomic E-state index is -2.69. The fourth-order valence-electron chi connectivity index (χ4n) is 2.70. The third kappa shape index (κ3) is 1.86. The Morgan fingerprint density at radius 1 is 1.19 bits per heavy atom. The smallest absolute Gasteiger partial charge is 0.281 e. The van der Waals surface area contributed by atoms with Gasteiger partial charge in [-0.2, -0.15) is 0 Å². The summed E-state index contributed by atoms with van der Waals surface area (Å²) in [6.07, 6.45) is 0. The number of likely N-dealkylation sites (tertiary alicyclic amines) is 1. The van der Waals surface area contributed by atoms with Crippen LogP contribution in [0, 0.1) is 0 Å². The van der Waals surface area contributed by atoms with E-state index in [1.54, 1.807) is 32.8 Å². The first-order chi connectivity index (χ1) is 6.92. The van der Waals surface area contributed by atoms with Crippen LogP contribution in [0.2, 0.25) is 0 Å². The average molecular weight is 234 g/mol. The average Bonchev–Trinajstić information content (AvgIpc) is 2.17. The number of halogens is 2. The fraction of sp³-hybridized carbons (Fsp3) is 1.00. The summed E-state index contributed by atoms with van der Waals surface area (Å²) >= 11 is 0. The Bertz CT molecular complexity index is 267. The van der Waals surface area contributed by atoms with Crippen molar-refractivity contribution in [2.24, 2.45) is 0 Å². The van der Waals surface area contributed by atoms with Crippen molar-refractivity contribution in [3.8, 4) is 0 Å². The van der Waals surface area contributed by atoms with Gasteiger partial charge in [-0.05, 0) is 48.7 Å². The topological polar surface area (TPSA) is 6.48 Å². The molecular weight excluding hydrogens is 210 g/mol. The number of alkyl halides is 2. The van der Waals surface area contributed by atoms with Crippen molar-refractivity contribution in [2.75, 3.05) is 20.6 Å². The monoisotopic (exact) mass is 234 g/mol. The summed E-state index contributed by atoms with van der Waals surface area (Å²) in [4.78, 5) is 3.54. The highest BCUT2D eigenvalue weighted by Crippen LogP contribution is 2.47. The van der Waals surface area contributed by atoms with Gasteiger partial charge in [0.15, 0.2) is 0 Å². The van der Waals surface area contributed by atoms with Crippen LogP contribution in [0.15, 0.2) is 0 Å². The van der Waals surface area contributed by atoms with Crippen LogP contribution in [0.3, 0.4) is 0 Å². The second-order valence-corrected chi connectivity index (χ2v) is 6.44. The van der Waals surface area contributed by atoms with Gasteiger partial charge in [-0.1, -0.05) is 0 Å². The summed E-state index contributed by atoms with van der Waals surface area (Å²) < 4.78 is 28.7. The summed E-state index contributed by atoms with van der Waals surface area (Å²) in [5.74, 6) is -2.69. The molecule has 1 rings (SSSR count). The van der Waals surface area contributed by atoms with Crippen LogP contribution >= 0.6 is 0 Å². The molecule has 0 aromatic heterocycles. The van der Waals surface area contributed by atoms with E-state index in [4.69, 9.17) is 0 Å². The third-order valence-corrected chi connectivity index (χ3v) is 3.70. The quantitative estimate of drug-likeness (QED) is 0.687. The van der Waals surface area contributed by atoms with Gasteiger partial charge in [-0.15, -0.1) is 0 Å². The minimum absolute atomic E-state index is 0.238. The highest BCUT2D eigenvalue weighted by molar-refractivity contribution is 5.12. The van der Waals surface area contributed by atoms with E-state index >= 15 is 0 Å². The minimum Gasteiger partial charge on any atom is -0.300 e. The third-order valence-electron chi connectivity index (χ3n) is 3.70. The van der Waals surface area contributed by atoms with Crippen LogP contribution in [0.5, 0.6) is 0 Å². The standard InChI is InChI=1S/C12H24F2N2/c1-10(2,3)16-8-9(15(6)7)12(13,14)11(16,4)5/h9H,8H2,1-7H3/t9-/m1/s1. The molecule has 96 valence electrons. The van der Waals surface area contributed by atoms with Gasteiger partial charge >= 0.3 is 0 Å². The van der Waals surface area contributed by atoms with E-state index in [-0.39, 0.29) is 5.54 Å². The van der Waals surface area contributed by atoms with E-state index in [1.165, 1.54) is 0 Å². The maximum absolute atomic E-state index is 14.3. The highest BCUT2D eigenvalue weighted by Gasteiger charge is 2.64. The van der Waals surface area contributed by atoms with Crippen LogP contribution in [0.25, 0.3) is 0 Å². The predicted molar refractivity (Wildman–Crippen MR) is 63.0 cm³/mol. The fourth-order valence-corrected chi connectivity index (χ4v) is 2.70. The molecular formula is C12H24F2N2. The number of likely N-dealkylation sites (N-methyl/N-ethyl adjacent to an activating group) is 1. The highest BCUT2D eigenvalue weighted by atomic mass is 19.3. The molecule has 1 atom stereocenters. The van der Waals surface area contributed by atoms with Gasteiger partial charge in [0.2, 0.25) is 0 Å². The van der Waals surface area contributed by atoms with Gasteiger partial charge in [0, 0.05) is 12.1 Å². The van der Waals surface area contributed by atoms with E-state index in [0.717, 1.165) is 0 Å². The summed E-state index contributed by atoms with van der Waals surface area (Å²) in [6, 6.07) is -0.707. The zero-order valence-corrected chi connectivity index (χ0v) is 11.4. The summed E-state index contributed by atoms with van der Waals surface area (Å²) in [5, 5.41) is 0. The van der Waals surface area contributed by atoms with Crippen molar-refractivity contribution < 1.29 is 8.78 Å². The molecule has 0 aromatic carbocycles. The van der Waals surface area contributed by atoms with Crippen molar-refractivity contribution in [3.63, 3.8) is 0 Å². The van der Waals surface area contributed by atoms with Crippen LogP contribution in [0.1, 0.15) is 34.6 Å². The Morgan fingerprint density at radius 2 is 1.62 bits per heavy atom. The summed E-state index contributed by atoms with van der Waals surface area (Å²) in [7, 11) is 3.45. The lowest BCUT2D eigenvalue weighted by atomic mass is 9.91. The lowest BCUT2D eigenvalue weighted by Crippen LogP contribution is -2.57. The van der Waals surface area contributed by atoms with E-state index in [0.29, 0.717) is 6.54 Å². The lowest BCUT2D eigenvalue weighted by molar-refractivity contribution is -0.119. The molecule has 1 heterocycles. The molecule has 1 fully saturated rings. The Hall–Kier alpha value is -0.220. The van der Waals surface area contributed by atoms with E-state index < -0.39 is 17.5 Å². The van der Waals surface area contributed by atoms with Crippen LogP contribution < -0.4 is 0 Å². The van der Waals surface area contributed by atoms with Crippen molar-refractivity contribution in [2.45, 2.75) is 57.7 Å². The van der Waals surface area contributed by atoms with E-state index in [1.807, 2.05) is 25.7 Å². The number of hydrogen-bond acceptors (Lipinski definition) is 2. The molecule has 1 saturated heterocycles. The molecule has 2 nitrogen and oxygen atoms in total. The van der Waals surface area contributed by atoms with Gasteiger partial charge in [-0.3, -0.25) is 9.80 Å². The Labute approximate surface area is 97.6 Å². The van der Waals surface area contributed by atoms with Gasteiger partial charge in [-0.25, -0.2) is 8.78 Å². The van der Waals surface area contributed by atoms with Gasteiger partial charge in [0.05, 0.1) is 11.6 Å². The summed E-state index contributed by atoms with van der Waals surface area (Å²) in [6.45, 7) is 9.66. The first-order valence-corrected chi connectivity index (χ1v) is 5.74. The lowest BCUT2D eigenvalue weighted by Gasteiger charge is -2.43. The van der Waals surface area contributed by atoms with E-state index in [2.05, 4.69) is 0 Å². The molecule has 0 unspecified atom stereocenters. The number of nitrogens with zero attached hydrogens (tertiary/aromatic N) is 2. The molecule has 0 amide bonds. The Balaban J connectivity index is 3.13. The maximum atomic E-state index is 14.3. The molecule has 1 aliphatic heterocycles. The Kier molecular flexibility index (Phi) is 3.15. The number of rotatable bonds is 1. The van der Waals surface area contributed by atoms with Crippen molar-refractivity contribution >= 4 is 0 Å².